The van der Waals surface area contributed by atoms with Crippen LogP contribution in [0.25, 0.3) is 5.69 Å². The summed E-state index contributed by atoms with van der Waals surface area (Å²) in [6.07, 6.45) is 1.58. The highest BCUT2D eigenvalue weighted by molar-refractivity contribution is 7.92. The number of nitrogens with zero attached hydrogens (tertiary/aromatic N) is 3. The Morgan fingerprint density at radius 2 is 1.59 bits per heavy atom. The van der Waals surface area contributed by atoms with Gasteiger partial charge in [-0.3, -0.25) is 9.10 Å². The molecule has 1 heterocycles. The molecule has 1 N–H and O–H groups in total. The van der Waals surface area contributed by atoms with Crippen molar-refractivity contribution in [2.75, 3.05) is 10.8 Å². The molecule has 0 aliphatic rings. The standard InChI is InChI=1S/C29H30N4O3S/c1-21-13-15-26(16-14-21)33-23(3)18-25(24(33)4)19-30-31-29(34)20-32(27-10-8-9-22(2)17-27)37(35,36)28-11-6-5-7-12-28/h5-19H,20H2,1-4H3,(H,31,34)/b30-19+. The predicted octanol–water partition coefficient (Wildman–Crippen LogP) is 5.06. The van der Waals surface area contributed by atoms with E-state index in [-0.39, 0.29) is 4.90 Å². The van der Waals surface area contributed by atoms with E-state index < -0.39 is 22.5 Å². The van der Waals surface area contributed by atoms with Crippen molar-refractivity contribution in [3.05, 3.63) is 113 Å². The van der Waals surface area contributed by atoms with E-state index in [1.165, 1.54) is 17.7 Å². The first-order valence-corrected chi connectivity index (χ1v) is 13.3. The van der Waals surface area contributed by atoms with Gasteiger partial charge in [-0.2, -0.15) is 5.10 Å². The van der Waals surface area contributed by atoms with Gasteiger partial charge in [-0.15, -0.1) is 0 Å². The molecule has 0 aliphatic heterocycles. The van der Waals surface area contributed by atoms with E-state index in [4.69, 9.17) is 0 Å². The first kappa shape index (κ1) is 25.9. The summed E-state index contributed by atoms with van der Waals surface area (Å²) >= 11 is 0. The largest absolute Gasteiger partial charge is 0.318 e. The van der Waals surface area contributed by atoms with Gasteiger partial charge in [0.05, 0.1) is 16.8 Å². The molecule has 0 spiro atoms. The fraction of sp³-hybridized carbons (Fsp3) is 0.172. The normalized spacial score (nSPS) is 11.6. The predicted molar refractivity (Wildman–Crippen MR) is 148 cm³/mol. The molecule has 8 heteroatoms. The third-order valence-electron chi connectivity index (χ3n) is 6.06. The van der Waals surface area contributed by atoms with Crippen LogP contribution in [-0.2, 0) is 14.8 Å². The summed E-state index contributed by atoms with van der Waals surface area (Å²) in [5, 5.41) is 4.12. The van der Waals surface area contributed by atoms with Crippen LogP contribution in [0.2, 0.25) is 0 Å². The summed E-state index contributed by atoms with van der Waals surface area (Å²) in [6, 6.07) is 25.3. The van der Waals surface area contributed by atoms with Gasteiger partial charge < -0.3 is 4.57 Å². The van der Waals surface area contributed by atoms with Gasteiger partial charge in [-0.05, 0) is 75.7 Å². The lowest BCUT2D eigenvalue weighted by Gasteiger charge is -2.24. The number of hydrazone groups is 1. The molecule has 0 atom stereocenters. The number of hydrogen-bond donors (Lipinski definition) is 1. The lowest BCUT2D eigenvalue weighted by molar-refractivity contribution is -0.119. The molecule has 3 aromatic carbocycles. The van der Waals surface area contributed by atoms with Crippen LogP contribution in [0.5, 0.6) is 0 Å². The molecule has 7 nitrogen and oxygen atoms in total. The van der Waals surface area contributed by atoms with Crippen LogP contribution >= 0.6 is 0 Å². The summed E-state index contributed by atoms with van der Waals surface area (Å²) in [6.45, 7) is 7.50. The smallest absolute Gasteiger partial charge is 0.264 e. The van der Waals surface area contributed by atoms with Crippen molar-refractivity contribution >= 4 is 27.8 Å². The molecule has 1 aromatic heterocycles. The van der Waals surface area contributed by atoms with E-state index in [0.717, 1.165) is 32.5 Å². The number of aromatic nitrogens is 1. The SMILES string of the molecule is Cc1ccc(-n2c(C)cc(/C=N/NC(=O)CN(c3cccc(C)c3)S(=O)(=O)c3ccccc3)c2C)cc1. The molecule has 4 rings (SSSR count). The molecule has 37 heavy (non-hydrogen) atoms. The molecule has 1 amide bonds. The second-order valence-corrected chi connectivity index (χ2v) is 10.8. The number of nitrogens with one attached hydrogen (secondary N) is 1. The van der Waals surface area contributed by atoms with Crippen molar-refractivity contribution < 1.29 is 13.2 Å². The molecule has 0 bridgehead atoms. The highest BCUT2D eigenvalue weighted by Crippen LogP contribution is 2.24. The Bertz CT molecular complexity index is 1540. The zero-order valence-corrected chi connectivity index (χ0v) is 22.2. The third kappa shape index (κ3) is 5.81. The molecule has 0 saturated carbocycles. The first-order valence-electron chi connectivity index (χ1n) is 11.9. The molecule has 0 radical (unpaired) electrons. The van der Waals surface area contributed by atoms with Crippen LogP contribution < -0.4 is 9.73 Å². The number of anilines is 1. The summed E-state index contributed by atoms with van der Waals surface area (Å²) < 4.78 is 30.1. The molecular formula is C29H30N4O3S. The number of aryl methyl sites for hydroxylation is 3. The number of amides is 1. The topological polar surface area (TPSA) is 83.8 Å². The minimum Gasteiger partial charge on any atom is -0.318 e. The molecule has 0 unspecified atom stereocenters. The number of hydrogen-bond acceptors (Lipinski definition) is 4. The van der Waals surface area contributed by atoms with Gasteiger partial charge in [-0.1, -0.05) is 48.0 Å². The van der Waals surface area contributed by atoms with E-state index in [2.05, 4.69) is 39.4 Å². The number of sulfonamides is 1. The van der Waals surface area contributed by atoms with E-state index >= 15 is 0 Å². The van der Waals surface area contributed by atoms with Gasteiger partial charge in [0.2, 0.25) is 0 Å². The lowest BCUT2D eigenvalue weighted by atomic mass is 10.2. The second kappa shape index (κ2) is 10.8. The van der Waals surface area contributed by atoms with Gasteiger partial charge in [0.1, 0.15) is 6.54 Å². The van der Waals surface area contributed by atoms with Gasteiger partial charge in [0.15, 0.2) is 0 Å². The Morgan fingerprint density at radius 3 is 2.27 bits per heavy atom. The summed E-state index contributed by atoms with van der Waals surface area (Å²) in [5.74, 6) is -0.551. The highest BCUT2D eigenvalue weighted by atomic mass is 32.2. The van der Waals surface area contributed by atoms with Crippen LogP contribution in [0.4, 0.5) is 5.69 Å². The van der Waals surface area contributed by atoms with Crippen LogP contribution in [0.3, 0.4) is 0 Å². The third-order valence-corrected chi connectivity index (χ3v) is 7.85. The first-order chi connectivity index (χ1) is 17.7. The van der Waals surface area contributed by atoms with Gasteiger partial charge >= 0.3 is 0 Å². The number of carbonyl (C=O) groups excluding carboxylic acids is 1. The average Bonchev–Trinajstić information content (AvgIpc) is 3.16. The van der Waals surface area contributed by atoms with Crippen molar-refractivity contribution in [3.8, 4) is 5.69 Å². The lowest BCUT2D eigenvalue weighted by Crippen LogP contribution is -2.39. The fourth-order valence-electron chi connectivity index (χ4n) is 4.17. The Morgan fingerprint density at radius 1 is 0.892 bits per heavy atom. The quantitative estimate of drug-likeness (QED) is 0.264. The van der Waals surface area contributed by atoms with Crippen LogP contribution in [0, 0.1) is 27.7 Å². The van der Waals surface area contributed by atoms with Crippen LogP contribution in [0.15, 0.2) is 94.9 Å². The zero-order valence-electron chi connectivity index (χ0n) is 21.3. The van der Waals surface area contributed by atoms with Gasteiger partial charge in [0, 0.05) is 22.6 Å². The van der Waals surface area contributed by atoms with Crippen molar-refractivity contribution in [2.45, 2.75) is 32.6 Å². The summed E-state index contributed by atoms with van der Waals surface area (Å²) in [4.78, 5) is 13.0. The fourth-order valence-corrected chi connectivity index (χ4v) is 5.60. The van der Waals surface area contributed by atoms with Crippen molar-refractivity contribution in [3.63, 3.8) is 0 Å². The van der Waals surface area contributed by atoms with E-state index in [1.54, 1.807) is 42.6 Å². The summed E-state index contributed by atoms with van der Waals surface area (Å²) in [5.41, 5.74) is 8.88. The monoisotopic (exact) mass is 514 g/mol. The molecule has 4 aromatic rings. The summed E-state index contributed by atoms with van der Waals surface area (Å²) in [7, 11) is -3.97. The second-order valence-electron chi connectivity index (χ2n) is 8.95. The zero-order chi connectivity index (χ0) is 26.6. The minimum atomic E-state index is -3.97. The molecule has 0 aliphatic carbocycles. The minimum absolute atomic E-state index is 0.108. The average molecular weight is 515 g/mol. The van der Waals surface area contributed by atoms with Crippen LogP contribution in [-0.4, -0.2) is 31.7 Å². The molecule has 0 fully saturated rings. The van der Waals surface area contributed by atoms with Gasteiger partial charge in [0.25, 0.3) is 15.9 Å². The molecular weight excluding hydrogens is 484 g/mol. The Hall–Kier alpha value is -4.17. The number of carbonyl (C=O) groups is 1. The van der Waals surface area contributed by atoms with Crippen molar-refractivity contribution in [1.29, 1.82) is 0 Å². The van der Waals surface area contributed by atoms with E-state index in [1.807, 2.05) is 39.8 Å². The Labute approximate surface area is 218 Å². The maximum atomic E-state index is 13.4. The Balaban J connectivity index is 1.54. The van der Waals surface area contributed by atoms with E-state index in [9.17, 15) is 13.2 Å². The Kier molecular flexibility index (Phi) is 7.59. The maximum Gasteiger partial charge on any atom is 0.264 e. The highest BCUT2D eigenvalue weighted by Gasteiger charge is 2.27. The maximum absolute atomic E-state index is 13.4. The molecule has 0 saturated heterocycles. The van der Waals surface area contributed by atoms with Crippen molar-refractivity contribution in [2.24, 2.45) is 5.10 Å². The number of benzene rings is 3. The van der Waals surface area contributed by atoms with Crippen molar-refractivity contribution in [1.82, 2.24) is 9.99 Å². The van der Waals surface area contributed by atoms with Gasteiger partial charge in [-0.25, -0.2) is 13.8 Å². The molecule has 190 valence electrons. The number of rotatable bonds is 8. The van der Waals surface area contributed by atoms with Crippen LogP contribution in [0.1, 0.15) is 28.1 Å². The van der Waals surface area contributed by atoms with E-state index in [0.29, 0.717) is 5.69 Å².